The lowest BCUT2D eigenvalue weighted by Gasteiger charge is -2.08. The fourth-order valence-corrected chi connectivity index (χ4v) is 2.51. The maximum atomic E-state index is 9.35. The molecule has 0 aromatic heterocycles. The third-order valence-electron chi connectivity index (χ3n) is 3.04. The van der Waals surface area contributed by atoms with Crippen molar-refractivity contribution in [1.29, 1.82) is 0 Å². The van der Waals surface area contributed by atoms with Crippen molar-refractivity contribution in [1.82, 2.24) is 0 Å². The zero-order chi connectivity index (χ0) is 15.2. The molecular formula is C17H17NO2S. The van der Waals surface area contributed by atoms with Crippen LogP contribution in [0.15, 0.2) is 61.2 Å². The summed E-state index contributed by atoms with van der Waals surface area (Å²) in [5.41, 5.74) is 2.94. The van der Waals surface area contributed by atoms with Crippen molar-refractivity contribution in [2.24, 2.45) is 5.90 Å². The molecule has 0 heterocycles. The molecule has 0 amide bonds. The van der Waals surface area contributed by atoms with Gasteiger partial charge in [-0.2, -0.15) is 5.90 Å². The molecule has 0 aliphatic carbocycles. The maximum Gasteiger partial charge on any atom is 0.146 e. The molecule has 3 nitrogen and oxygen atoms in total. The van der Waals surface area contributed by atoms with E-state index >= 15 is 0 Å². The van der Waals surface area contributed by atoms with Crippen LogP contribution in [0.25, 0.3) is 10.5 Å². The molecule has 0 aliphatic heterocycles. The average Bonchev–Trinajstić information content (AvgIpc) is 2.53. The van der Waals surface area contributed by atoms with E-state index in [4.69, 9.17) is 5.90 Å². The maximum absolute atomic E-state index is 9.35. The summed E-state index contributed by atoms with van der Waals surface area (Å²) in [6.45, 7) is 4.10. The molecule has 0 unspecified atom stereocenters. The van der Waals surface area contributed by atoms with E-state index in [1.165, 1.54) is 0 Å². The van der Waals surface area contributed by atoms with Gasteiger partial charge in [0.25, 0.3) is 0 Å². The predicted octanol–water partition coefficient (Wildman–Crippen LogP) is 4.06. The van der Waals surface area contributed by atoms with E-state index < -0.39 is 0 Å². The predicted molar refractivity (Wildman–Crippen MR) is 89.9 cm³/mol. The summed E-state index contributed by atoms with van der Waals surface area (Å²) in [6, 6.07) is 14.5. The molecule has 108 valence electrons. The molecule has 0 aliphatic rings. The molecule has 3 N–H and O–H groups in total. The van der Waals surface area contributed by atoms with Crippen LogP contribution in [-0.4, -0.2) is 11.4 Å². The van der Waals surface area contributed by atoms with Crippen LogP contribution in [0.1, 0.15) is 11.1 Å². The summed E-state index contributed by atoms with van der Waals surface area (Å²) in [5, 5.41) is 9.35. The summed E-state index contributed by atoms with van der Waals surface area (Å²) >= 11 is 1.63. The largest absolute Gasteiger partial charge is 0.508 e. The Labute approximate surface area is 128 Å². The fourth-order valence-electron chi connectivity index (χ4n) is 1.87. The zero-order valence-corrected chi connectivity index (χ0v) is 12.6. The fraction of sp³-hybridized carbons (Fsp3) is 0.0588. The van der Waals surface area contributed by atoms with Crippen LogP contribution >= 0.6 is 11.8 Å². The highest BCUT2D eigenvalue weighted by molar-refractivity contribution is 8.07. The van der Waals surface area contributed by atoms with Gasteiger partial charge in [0.15, 0.2) is 0 Å². The number of thioether (sulfide) groups is 1. The second-order valence-corrected chi connectivity index (χ2v) is 5.28. The van der Waals surface area contributed by atoms with E-state index in [1.807, 2.05) is 36.6 Å². The Hall–Kier alpha value is -2.17. The minimum absolute atomic E-state index is 0.260. The Bertz CT molecular complexity index is 645. The molecule has 0 radical (unpaired) electrons. The van der Waals surface area contributed by atoms with Gasteiger partial charge in [0, 0.05) is 4.91 Å². The highest BCUT2D eigenvalue weighted by atomic mass is 32.2. The Morgan fingerprint density at radius 2 is 1.67 bits per heavy atom. The summed E-state index contributed by atoms with van der Waals surface area (Å²) in [5.74, 6) is 5.98. The van der Waals surface area contributed by atoms with Gasteiger partial charge in [-0.05, 0) is 53.3 Å². The number of phenols is 1. The van der Waals surface area contributed by atoms with Gasteiger partial charge in [-0.3, -0.25) is 0 Å². The van der Waals surface area contributed by atoms with Crippen LogP contribution in [-0.2, 0) is 0 Å². The van der Waals surface area contributed by atoms with Crippen molar-refractivity contribution in [3.05, 3.63) is 72.3 Å². The van der Waals surface area contributed by atoms with E-state index in [1.54, 1.807) is 36.0 Å². The van der Waals surface area contributed by atoms with Gasteiger partial charge in [-0.15, -0.1) is 11.8 Å². The highest BCUT2D eigenvalue weighted by Gasteiger charge is 2.03. The van der Waals surface area contributed by atoms with Gasteiger partial charge in [-0.25, -0.2) is 0 Å². The second kappa shape index (κ2) is 7.02. The first kappa shape index (κ1) is 15.2. The van der Waals surface area contributed by atoms with Crippen LogP contribution in [0.4, 0.5) is 0 Å². The summed E-state index contributed by atoms with van der Waals surface area (Å²) in [6.07, 6.45) is 4.03. The lowest BCUT2D eigenvalue weighted by atomic mass is 10.1. The number of hydrogen-bond acceptors (Lipinski definition) is 4. The Morgan fingerprint density at radius 3 is 2.19 bits per heavy atom. The Balaban J connectivity index is 2.25. The number of phenolic OH excluding ortho intramolecular Hbond substituents is 1. The van der Waals surface area contributed by atoms with Crippen molar-refractivity contribution in [3.63, 3.8) is 0 Å². The normalized spacial score (nSPS) is 11.2. The molecule has 0 atom stereocenters. The van der Waals surface area contributed by atoms with Gasteiger partial charge in [-0.1, -0.05) is 30.8 Å². The first-order valence-corrected chi connectivity index (χ1v) is 7.57. The third kappa shape index (κ3) is 3.90. The minimum Gasteiger partial charge on any atom is -0.508 e. The molecule has 0 saturated heterocycles. The molecule has 2 rings (SSSR count). The quantitative estimate of drug-likeness (QED) is 0.645. The van der Waals surface area contributed by atoms with Gasteiger partial charge in [0.05, 0.1) is 0 Å². The number of allylic oxidation sites excluding steroid dienone is 2. The van der Waals surface area contributed by atoms with Crippen LogP contribution in [0.3, 0.4) is 0 Å². The number of hydrogen-bond donors (Lipinski definition) is 2. The molecule has 0 bridgehead atoms. The molecule has 4 heteroatoms. The molecule has 0 fully saturated rings. The van der Waals surface area contributed by atoms with Crippen LogP contribution < -0.4 is 10.7 Å². The standard InChI is InChI=1S/C17H17NO2S/c1-12(13-5-9-16(20-18)10-6-13)11-17(21-2)14-3-7-15(19)8-4-14/h3-11,19H,1,18H2,2H3/b17-11-. The molecule has 2 aromatic carbocycles. The molecular weight excluding hydrogens is 282 g/mol. The van der Waals surface area contributed by atoms with Crippen molar-refractivity contribution in [2.45, 2.75) is 0 Å². The van der Waals surface area contributed by atoms with Gasteiger partial charge < -0.3 is 9.94 Å². The van der Waals surface area contributed by atoms with Crippen LogP contribution in [0.5, 0.6) is 11.5 Å². The van der Waals surface area contributed by atoms with E-state index in [0.29, 0.717) is 5.75 Å². The smallest absolute Gasteiger partial charge is 0.146 e. The van der Waals surface area contributed by atoms with Crippen molar-refractivity contribution in [2.75, 3.05) is 6.26 Å². The van der Waals surface area contributed by atoms with Gasteiger partial charge >= 0.3 is 0 Å². The van der Waals surface area contributed by atoms with Gasteiger partial charge in [0.1, 0.15) is 11.5 Å². The molecule has 2 aromatic rings. The first-order valence-electron chi connectivity index (χ1n) is 6.35. The van der Waals surface area contributed by atoms with Crippen molar-refractivity contribution in [3.8, 4) is 11.5 Å². The SMILES string of the molecule is C=C(/C=C(\SC)c1ccc(O)cc1)c1ccc(ON)cc1. The summed E-state index contributed by atoms with van der Waals surface area (Å²) in [4.78, 5) is 5.74. The topological polar surface area (TPSA) is 55.5 Å². The van der Waals surface area contributed by atoms with Crippen LogP contribution in [0.2, 0.25) is 0 Å². The Morgan fingerprint density at radius 1 is 1.10 bits per heavy atom. The third-order valence-corrected chi connectivity index (χ3v) is 3.83. The average molecular weight is 299 g/mol. The number of aromatic hydroxyl groups is 1. The van der Waals surface area contributed by atoms with Gasteiger partial charge in [0.2, 0.25) is 0 Å². The number of benzene rings is 2. The number of nitrogens with two attached hydrogens (primary N) is 1. The van der Waals surface area contributed by atoms with E-state index in [-0.39, 0.29) is 5.75 Å². The summed E-state index contributed by atoms with van der Waals surface area (Å²) in [7, 11) is 0. The minimum atomic E-state index is 0.260. The summed E-state index contributed by atoms with van der Waals surface area (Å²) < 4.78 is 0. The van der Waals surface area contributed by atoms with E-state index in [9.17, 15) is 5.11 Å². The molecule has 0 spiro atoms. The lowest BCUT2D eigenvalue weighted by molar-refractivity contribution is 0.334. The molecule has 0 saturated carbocycles. The molecule has 21 heavy (non-hydrogen) atoms. The zero-order valence-electron chi connectivity index (χ0n) is 11.7. The monoisotopic (exact) mass is 299 g/mol. The number of rotatable bonds is 5. The first-order chi connectivity index (χ1) is 10.1. The van der Waals surface area contributed by atoms with Crippen molar-refractivity contribution >= 4 is 22.2 Å². The van der Waals surface area contributed by atoms with E-state index in [2.05, 4.69) is 11.4 Å². The lowest BCUT2D eigenvalue weighted by Crippen LogP contribution is -2.01. The van der Waals surface area contributed by atoms with Crippen LogP contribution in [0, 0.1) is 0 Å². The Kier molecular flexibility index (Phi) is 5.09. The van der Waals surface area contributed by atoms with Crippen molar-refractivity contribution < 1.29 is 9.94 Å². The second-order valence-electron chi connectivity index (χ2n) is 4.43. The highest BCUT2D eigenvalue weighted by Crippen LogP contribution is 2.30. The van der Waals surface area contributed by atoms with E-state index in [0.717, 1.165) is 21.6 Å².